The third-order valence-electron chi connectivity index (χ3n) is 13.9. The number of methoxy groups -OCH3 is 1. The second-order valence-corrected chi connectivity index (χ2v) is 18.2. The van der Waals surface area contributed by atoms with E-state index in [4.69, 9.17) is 29.4 Å². The van der Waals surface area contributed by atoms with Crippen molar-refractivity contribution in [3.63, 3.8) is 0 Å². The molecule has 8 atom stereocenters. The number of fused-ring (bicyclic) bond motifs is 11. The molecule has 5 N–H and O–H groups in total. The zero-order valence-electron chi connectivity index (χ0n) is 33.9. The molecule has 2 bridgehead atoms. The lowest BCUT2D eigenvalue weighted by molar-refractivity contribution is -0.156. The highest BCUT2D eigenvalue weighted by molar-refractivity contribution is 7.99. The van der Waals surface area contributed by atoms with Crippen molar-refractivity contribution in [2.75, 3.05) is 39.4 Å². The SMILES string of the molecule is COc1c(C)cc2c(c1O)[C@H](C)N1[C@@H]([C@H](C#N)N3C[C@@H]4SC[C@]5(N[C@@H](CN)Cc6c5[nH]c5ccccc65)C(=O)OC[C@H]3c3c5c(c(C)c(OC(C)=O)c34)OCO5)CC21C. The molecule has 14 nitrogen and oxygen atoms in total. The molecule has 308 valence electrons. The fourth-order valence-corrected chi connectivity index (χ4v) is 12.9. The maximum atomic E-state index is 15.0. The number of aromatic nitrogens is 1. The molecule has 7 aliphatic rings. The molecule has 59 heavy (non-hydrogen) atoms. The van der Waals surface area contributed by atoms with Gasteiger partial charge in [-0.25, -0.2) is 4.79 Å². The number of hydrogen-bond donors (Lipinski definition) is 4. The number of aromatic amines is 1. The van der Waals surface area contributed by atoms with E-state index in [0.717, 1.165) is 44.4 Å². The van der Waals surface area contributed by atoms with Gasteiger partial charge in [-0.1, -0.05) is 18.2 Å². The smallest absolute Gasteiger partial charge is 0.333 e. The number of nitrogens with two attached hydrogens (primary N) is 1. The summed E-state index contributed by atoms with van der Waals surface area (Å²) in [6.07, 6.45) is 1.30. The number of aromatic hydroxyl groups is 1. The van der Waals surface area contributed by atoms with Gasteiger partial charge in [0.05, 0.1) is 24.9 Å². The fraction of sp³-hybridized carbons (Fsp3) is 0.477. The summed E-state index contributed by atoms with van der Waals surface area (Å²) < 4.78 is 30.5. The number of benzene rings is 3. The minimum Gasteiger partial charge on any atom is -0.504 e. The van der Waals surface area contributed by atoms with E-state index < -0.39 is 40.4 Å². The Morgan fingerprint density at radius 1 is 1.17 bits per heavy atom. The first-order valence-electron chi connectivity index (χ1n) is 20.2. The Labute approximate surface area is 346 Å². The monoisotopic (exact) mass is 820 g/mol. The Morgan fingerprint density at radius 3 is 2.69 bits per heavy atom. The number of thioether (sulfide) groups is 1. The van der Waals surface area contributed by atoms with Gasteiger partial charge in [-0.05, 0) is 69.4 Å². The van der Waals surface area contributed by atoms with Crippen molar-refractivity contribution < 1.29 is 38.4 Å². The highest BCUT2D eigenvalue weighted by Gasteiger charge is 2.62. The van der Waals surface area contributed by atoms with Crippen LogP contribution in [0.2, 0.25) is 0 Å². The quantitative estimate of drug-likeness (QED) is 0.153. The molecule has 1 spiro atoms. The van der Waals surface area contributed by atoms with E-state index in [-0.39, 0.29) is 43.0 Å². The third kappa shape index (κ3) is 5.19. The van der Waals surface area contributed by atoms with Crippen LogP contribution in [0.1, 0.15) is 89.2 Å². The van der Waals surface area contributed by atoms with Crippen LogP contribution in [-0.2, 0) is 31.8 Å². The van der Waals surface area contributed by atoms with Crippen molar-refractivity contribution in [2.45, 2.75) is 94.0 Å². The Balaban J connectivity index is 1.11. The number of nitriles is 1. The van der Waals surface area contributed by atoms with Gasteiger partial charge in [-0.3, -0.25) is 19.9 Å². The number of carbonyl (C=O) groups is 2. The number of carbonyl (C=O) groups excluding carboxylic acids is 2. The molecular formula is C44H48N6O8S. The zero-order valence-corrected chi connectivity index (χ0v) is 34.7. The second-order valence-electron chi connectivity index (χ2n) is 17.0. The molecule has 1 unspecified atom stereocenters. The largest absolute Gasteiger partial charge is 0.504 e. The molecule has 4 aromatic rings. The molecule has 11 rings (SSSR count). The first-order chi connectivity index (χ1) is 28.4. The van der Waals surface area contributed by atoms with Crippen molar-refractivity contribution >= 4 is 34.6 Å². The van der Waals surface area contributed by atoms with Crippen LogP contribution in [0.4, 0.5) is 0 Å². The number of H-pyrrole nitrogens is 1. The maximum Gasteiger partial charge on any atom is 0.333 e. The third-order valence-corrected chi connectivity index (χ3v) is 15.3. The van der Waals surface area contributed by atoms with E-state index >= 15 is 4.79 Å². The van der Waals surface area contributed by atoms with Crippen LogP contribution in [-0.4, -0.2) is 89.3 Å². The van der Waals surface area contributed by atoms with Crippen molar-refractivity contribution in [1.82, 2.24) is 20.1 Å². The fourth-order valence-electron chi connectivity index (χ4n) is 11.4. The summed E-state index contributed by atoms with van der Waals surface area (Å²) in [5.41, 5.74) is 12.2. The summed E-state index contributed by atoms with van der Waals surface area (Å²) in [7, 11) is 1.56. The number of para-hydroxylation sites is 1. The summed E-state index contributed by atoms with van der Waals surface area (Å²) in [4.78, 5) is 35.9. The Morgan fingerprint density at radius 2 is 1.95 bits per heavy atom. The molecule has 2 fully saturated rings. The molecule has 0 radical (unpaired) electrons. The average Bonchev–Trinajstić information content (AvgIpc) is 3.89. The molecule has 7 aliphatic heterocycles. The summed E-state index contributed by atoms with van der Waals surface area (Å²) in [5, 5.41) is 27.1. The highest BCUT2D eigenvalue weighted by atomic mass is 32.2. The number of phenolic OH excluding ortho intramolecular Hbond substituents is 1. The second kappa shape index (κ2) is 13.5. The number of nitrogens with zero attached hydrogens (tertiary/aromatic N) is 3. The van der Waals surface area contributed by atoms with Gasteiger partial charge >= 0.3 is 11.9 Å². The van der Waals surface area contributed by atoms with Crippen LogP contribution >= 0.6 is 11.8 Å². The van der Waals surface area contributed by atoms with Crippen LogP contribution in [0.3, 0.4) is 0 Å². The van der Waals surface area contributed by atoms with Crippen LogP contribution in [0, 0.1) is 25.2 Å². The number of nitrogens with one attached hydrogen (secondary N) is 2. The average molecular weight is 821 g/mol. The topological polar surface area (TPSA) is 185 Å². The number of aryl methyl sites for hydroxylation is 1. The van der Waals surface area contributed by atoms with E-state index in [9.17, 15) is 15.2 Å². The van der Waals surface area contributed by atoms with Gasteiger partial charge in [0.1, 0.15) is 18.4 Å². The lowest BCUT2D eigenvalue weighted by atomic mass is 9.73. The summed E-state index contributed by atoms with van der Waals surface area (Å²) in [6.45, 7) is 9.94. The molecule has 0 saturated carbocycles. The number of hydrogen-bond acceptors (Lipinski definition) is 14. The Bertz CT molecular complexity index is 2520. The first-order valence-corrected chi connectivity index (χ1v) is 21.3. The van der Waals surface area contributed by atoms with Crippen molar-refractivity contribution in [3.05, 3.63) is 75.0 Å². The normalized spacial score (nSPS) is 29.8. The molecule has 2 saturated heterocycles. The van der Waals surface area contributed by atoms with E-state index in [0.29, 0.717) is 60.1 Å². The van der Waals surface area contributed by atoms with Crippen LogP contribution in [0.15, 0.2) is 30.3 Å². The summed E-state index contributed by atoms with van der Waals surface area (Å²) in [6, 6.07) is 10.8. The van der Waals surface area contributed by atoms with Crippen molar-refractivity contribution in [2.24, 2.45) is 5.73 Å². The minimum atomic E-state index is -1.28. The van der Waals surface area contributed by atoms with Gasteiger partial charge in [0.2, 0.25) is 6.79 Å². The molecule has 0 aliphatic carbocycles. The van der Waals surface area contributed by atoms with Gasteiger partial charge in [0, 0.05) is 87.8 Å². The standard InChI is InChI=1S/C44H48N6O8S/c1-20-11-27-33(36(52)37(20)54-6)22(3)50-29(13-43(27,50)5)30(15-46)49-16-32-35-34(40-39(56-19-57-40)21(2)38(35)58-23(4)51)31(49)17-55-42(53)44(18-59-32)41-26(12-24(14-45)48-44)25-9-7-8-10-28(25)47-41/h7-11,22,24,29-32,47-48,52H,12-14,16-19,45H2,1-6H3/t22-,24+,29+,30-,31-,32-,43?,44+/m0/s1. The highest BCUT2D eigenvalue weighted by Crippen LogP contribution is 2.63. The van der Waals surface area contributed by atoms with Gasteiger partial charge in [-0.15, -0.1) is 11.8 Å². The lowest BCUT2D eigenvalue weighted by Crippen LogP contribution is -2.67. The Kier molecular flexibility index (Phi) is 8.76. The predicted octanol–water partition coefficient (Wildman–Crippen LogP) is 5.17. The van der Waals surface area contributed by atoms with E-state index in [1.807, 2.05) is 32.0 Å². The van der Waals surface area contributed by atoms with Crippen LogP contribution in [0.25, 0.3) is 10.9 Å². The molecule has 3 aromatic carbocycles. The Hall–Kier alpha value is -4.98. The van der Waals surface area contributed by atoms with Gasteiger partial charge in [0.25, 0.3) is 0 Å². The zero-order chi connectivity index (χ0) is 41.3. The lowest BCUT2D eigenvalue weighted by Gasteiger charge is -2.59. The summed E-state index contributed by atoms with van der Waals surface area (Å²) in [5.74, 6) is 1.28. The van der Waals surface area contributed by atoms with Crippen LogP contribution in [0.5, 0.6) is 28.7 Å². The predicted molar refractivity (Wildman–Crippen MR) is 219 cm³/mol. The number of phenols is 1. The first kappa shape index (κ1) is 38.2. The minimum absolute atomic E-state index is 0.0360. The molecule has 8 heterocycles. The van der Waals surface area contributed by atoms with Crippen molar-refractivity contribution in [1.29, 1.82) is 5.26 Å². The molecular weight excluding hydrogens is 773 g/mol. The molecule has 15 heteroatoms. The van der Waals surface area contributed by atoms with Gasteiger partial charge < -0.3 is 39.5 Å². The number of ether oxygens (including phenoxy) is 5. The van der Waals surface area contributed by atoms with Crippen molar-refractivity contribution in [3.8, 4) is 34.8 Å². The maximum absolute atomic E-state index is 15.0. The van der Waals surface area contributed by atoms with Crippen LogP contribution < -0.4 is 30.0 Å². The van der Waals surface area contributed by atoms with Gasteiger partial charge in [0.15, 0.2) is 28.5 Å². The summed E-state index contributed by atoms with van der Waals surface area (Å²) >= 11 is 1.55. The number of esters is 2. The van der Waals surface area contributed by atoms with E-state index in [2.05, 4.69) is 52.2 Å². The van der Waals surface area contributed by atoms with E-state index in [1.54, 1.807) is 18.9 Å². The molecule has 0 amide bonds. The number of rotatable bonds is 5. The van der Waals surface area contributed by atoms with E-state index in [1.165, 1.54) is 6.92 Å². The molecule has 1 aromatic heterocycles. The van der Waals surface area contributed by atoms with Gasteiger partial charge in [-0.2, -0.15) is 5.26 Å².